The average Bonchev–Trinajstić information content (AvgIpc) is 2.26. The van der Waals surface area contributed by atoms with E-state index in [0.717, 1.165) is 11.6 Å². The maximum absolute atomic E-state index is 3.88. The summed E-state index contributed by atoms with van der Waals surface area (Å²) in [6.07, 6.45) is 6.82. The fourth-order valence-corrected chi connectivity index (χ4v) is 1.90. The maximum Gasteiger partial charge on any atom is 0.0365 e. The first-order valence-corrected chi connectivity index (χ1v) is 5.64. The third-order valence-electron chi connectivity index (χ3n) is 3.20. The number of rotatable bonds is 3. The van der Waals surface area contributed by atoms with Gasteiger partial charge in [-0.15, -0.1) is 0 Å². The van der Waals surface area contributed by atoms with Gasteiger partial charge in [0.25, 0.3) is 0 Å². The fraction of sp³-hybridized carbons (Fsp3) is 0.615. The molecule has 2 heteroatoms. The summed E-state index contributed by atoms with van der Waals surface area (Å²) in [5, 5.41) is 0. The van der Waals surface area contributed by atoms with E-state index in [0.29, 0.717) is 0 Å². The predicted octanol–water partition coefficient (Wildman–Crippen LogP) is 2.88. The molecule has 0 bridgehead atoms. The summed E-state index contributed by atoms with van der Waals surface area (Å²) in [5.41, 5.74) is 2.47. The quantitative estimate of drug-likeness (QED) is 0.512. The van der Waals surface area contributed by atoms with E-state index >= 15 is 0 Å². The van der Waals surface area contributed by atoms with Crippen LogP contribution >= 0.6 is 0 Å². The monoisotopic (exact) mass is 206 g/mol. The molecule has 1 rings (SSSR count). The molecule has 0 amide bonds. The van der Waals surface area contributed by atoms with Crippen molar-refractivity contribution in [3.8, 4) is 0 Å². The van der Waals surface area contributed by atoms with Crippen LogP contribution < -0.4 is 0 Å². The SMILES string of the molecule is C=N/C(C)=C\C=C(/C)C1CCN(C)CC1. The van der Waals surface area contributed by atoms with Gasteiger partial charge in [-0.25, -0.2) is 0 Å². The van der Waals surface area contributed by atoms with Crippen LogP contribution in [0.2, 0.25) is 0 Å². The summed E-state index contributed by atoms with van der Waals surface area (Å²) in [4.78, 5) is 6.27. The van der Waals surface area contributed by atoms with Crippen molar-refractivity contribution in [2.75, 3.05) is 20.1 Å². The van der Waals surface area contributed by atoms with Crippen LogP contribution in [-0.2, 0) is 0 Å². The van der Waals surface area contributed by atoms with Crippen molar-refractivity contribution in [3.63, 3.8) is 0 Å². The van der Waals surface area contributed by atoms with Crippen LogP contribution in [0.4, 0.5) is 0 Å². The molecule has 0 saturated carbocycles. The Morgan fingerprint density at radius 1 is 1.27 bits per heavy atom. The zero-order valence-corrected chi connectivity index (χ0v) is 10.2. The minimum absolute atomic E-state index is 0.759. The number of nitrogens with zero attached hydrogens (tertiary/aromatic N) is 2. The Hall–Kier alpha value is -0.890. The van der Waals surface area contributed by atoms with E-state index in [9.17, 15) is 0 Å². The summed E-state index contributed by atoms with van der Waals surface area (Å²) in [7, 11) is 2.20. The van der Waals surface area contributed by atoms with Crippen molar-refractivity contribution in [1.82, 2.24) is 4.90 Å². The van der Waals surface area contributed by atoms with E-state index in [1.165, 1.54) is 31.5 Å². The number of allylic oxidation sites excluding steroid dienone is 4. The molecule has 1 aliphatic rings. The molecule has 1 fully saturated rings. The highest BCUT2D eigenvalue weighted by Crippen LogP contribution is 2.23. The number of likely N-dealkylation sites (tertiary alicyclic amines) is 1. The van der Waals surface area contributed by atoms with E-state index in [1.54, 1.807) is 0 Å². The van der Waals surface area contributed by atoms with Gasteiger partial charge < -0.3 is 4.90 Å². The Balaban J connectivity index is 2.53. The lowest BCUT2D eigenvalue weighted by molar-refractivity contribution is 0.238. The van der Waals surface area contributed by atoms with Crippen LogP contribution in [0.5, 0.6) is 0 Å². The van der Waals surface area contributed by atoms with Gasteiger partial charge in [-0.05, 0) is 65.5 Å². The van der Waals surface area contributed by atoms with Crippen molar-refractivity contribution in [2.45, 2.75) is 26.7 Å². The number of piperidine rings is 1. The standard InChI is InChI=1S/C13H22N2/c1-11(5-6-12(2)14-3)13-7-9-15(4)10-8-13/h5-6,13H,3,7-10H2,1-2,4H3/b11-5+,12-6-. The summed E-state index contributed by atoms with van der Waals surface area (Å²) in [6.45, 7) is 10.2. The summed E-state index contributed by atoms with van der Waals surface area (Å²) in [6, 6.07) is 0. The molecule has 84 valence electrons. The van der Waals surface area contributed by atoms with Gasteiger partial charge in [0.2, 0.25) is 0 Å². The second kappa shape index (κ2) is 5.86. The lowest BCUT2D eigenvalue weighted by Crippen LogP contribution is -2.30. The van der Waals surface area contributed by atoms with Gasteiger partial charge in [0.1, 0.15) is 0 Å². The van der Waals surface area contributed by atoms with Gasteiger partial charge in [0, 0.05) is 5.70 Å². The largest absolute Gasteiger partial charge is 0.306 e. The number of hydrogen-bond donors (Lipinski definition) is 0. The first-order chi connectivity index (χ1) is 7.13. The van der Waals surface area contributed by atoms with Crippen LogP contribution in [0.3, 0.4) is 0 Å². The van der Waals surface area contributed by atoms with Gasteiger partial charge in [0.05, 0.1) is 0 Å². The van der Waals surface area contributed by atoms with Crippen LogP contribution in [0.25, 0.3) is 0 Å². The molecule has 0 N–H and O–H groups in total. The van der Waals surface area contributed by atoms with Crippen LogP contribution in [0, 0.1) is 5.92 Å². The van der Waals surface area contributed by atoms with E-state index in [2.05, 4.69) is 42.7 Å². The first-order valence-electron chi connectivity index (χ1n) is 5.64. The maximum atomic E-state index is 3.88. The Morgan fingerprint density at radius 2 is 1.87 bits per heavy atom. The van der Waals surface area contributed by atoms with Gasteiger partial charge in [-0.3, -0.25) is 4.99 Å². The molecule has 1 saturated heterocycles. The molecule has 1 heterocycles. The number of hydrogen-bond acceptors (Lipinski definition) is 2. The highest BCUT2D eigenvalue weighted by Gasteiger charge is 2.17. The van der Waals surface area contributed by atoms with Gasteiger partial charge in [-0.2, -0.15) is 0 Å². The van der Waals surface area contributed by atoms with Crippen molar-refractivity contribution in [3.05, 3.63) is 23.4 Å². The lowest BCUT2D eigenvalue weighted by Gasteiger charge is -2.29. The first kappa shape index (κ1) is 12.2. The molecule has 0 atom stereocenters. The molecule has 15 heavy (non-hydrogen) atoms. The minimum atomic E-state index is 0.759. The lowest BCUT2D eigenvalue weighted by atomic mass is 9.90. The minimum Gasteiger partial charge on any atom is -0.306 e. The molecule has 2 nitrogen and oxygen atoms in total. The summed E-state index contributed by atoms with van der Waals surface area (Å²) < 4.78 is 0. The Labute approximate surface area is 93.4 Å². The molecule has 0 unspecified atom stereocenters. The second-order valence-corrected chi connectivity index (χ2v) is 4.45. The van der Waals surface area contributed by atoms with E-state index in [1.807, 2.05) is 6.92 Å². The fourth-order valence-electron chi connectivity index (χ4n) is 1.90. The summed E-state index contributed by atoms with van der Waals surface area (Å²) in [5.74, 6) is 0.759. The van der Waals surface area contributed by atoms with E-state index in [-0.39, 0.29) is 0 Å². The molecule has 0 aliphatic carbocycles. The van der Waals surface area contributed by atoms with Gasteiger partial charge >= 0.3 is 0 Å². The van der Waals surface area contributed by atoms with Crippen LogP contribution in [0.1, 0.15) is 26.7 Å². The molecule has 0 spiro atoms. The van der Waals surface area contributed by atoms with Crippen molar-refractivity contribution in [2.24, 2.45) is 10.9 Å². The molecule has 0 aromatic heterocycles. The zero-order chi connectivity index (χ0) is 11.3. The van der Waals surface area contributed by atoms with Crippen molar-refractivity contribution >= 4 is 6.72 Å². The van der Waals surface area contributed by atoms with E-state index < -0.39 is 0 Å². The Morgan fingerprint density at radius 3 is 2.40 bits per heavy atom. The molecule has 0 aromatic carbocycles. The zero-order valence-electron chi connectivity index (χ0n) is 10.2. The second-order valence-electron chi connectivity index (χ2n) is 4.45. The molecular formula is C13H22N2. The highest BCUT2D eigenvalue weighted by atomic mass is 15.1. The molecule has 0 aromatic rings. The van der Waals surface area contributed by atoms with Gasteiger partial charge in [-0.1, -0.05) is 11.6 Å². The number of aliphatic imine (C=N–C) groups is 1. The van der Waals surface area contributed by atoms with E-state index in [4.69, 9.17) is 0 Å². The molecular weight excluding hydrogens is 184 g/mol. The van der Waals surface area contributed by atoms with Crippen molar-refractivity contribution in [1.29, 1.82) is 0 Å². The van der Waals surface area contributed by atoms with Crippen LogP contribution in [0.15, 0.2) is 28.4 Å². The highest BCUT2D eigenvalue weighted by molar-refractivity contribution is 5.30. The third-order valence-corrected chi connectivity index (χ3v) is 3.20. The Kier molecular flexibility index (Phi) is 4.76. The third kappa shape index (κ3) is 4.00. The van der Waals surface area contributed by atoms with Crippen molar-refractivity contribution < 1.29 is 0 Å². The van der Waals surface area contributed by atoms with Crippen LogP contribution in [-0.4, -0.2) is 31.8 Å². The van der Waals surface area contributed by atoms with Gasteiger partial charge in [0.15, 0.2) is 0 Å². The predicted molar refractivity (Wildman–Crippen MR) is 67.3 cm³/mol. The normalized spacial score (nSPS) is 21.8. The smallest absolute Gasteiger partial charge is 0.0365 e. The molecule has 0 radical (unpaired) electrons. The summed E-state index contributed by atoms with van der Waals surface area (Å²) >= 11 is 0. The Bertz CT molecular complexity index is 268. The molecule has 1 aliphatic heterocycles. The topological polar surface area (TPSA) is 15.6 Å². The average molecular weight is 206 g/mol.